The average Bonchev–Trinajstić information content (AvgIpc) is 3.03. The van der Waals surface area contributed by atoms with Crippen molar-refractivity contribution in [1.29, 1.82) is 0 Å². The minimum absolute atomic E-state index is 0.166. The summed E-state index contributed by atoms with van der Waals surface area (Å²) in [6.45, 7) is 0.521. The number of fused-ring (bicyclic) bond motifs is 2. The highest BCUT2D eigenvalue weighted by atomic mass is 16.5. The van der Waals surface area contributed by atoms with Crippen molar-refractivity contribution >= 4 is 34.9 Å². The Balaban J connectivity index is 1.57. The second-order valence-electron chi connectivity index (χ2n) is 6.34. The molecule has 0 saturated carbocycles. The molecule has 2 aromatic carbocycles. The standard InChI is InChI=1S/C19H18BN3O3/c21-9-17(13-2-4-18-15(7-13)11-26-20(18)25)19(24)23-16-3-1-14-10-22-6-5-12(14)8-16/h1-8,10,17,25H,9,11,21H2,(H,23,24). The van der Waals surface area contributed by atoms with Gasteiger partial charge in [0.2, 0.25) is 5.91 Å². The minimum Gasteiger partial charge on any atom is -0.423 e. The molecule has 6 nitrogen and oxygen atoms in total. The van der Waals surface area contributed by atoms with E-state index in [0.29, 0.717) is 12.3 Å². The van der Waals surface area contributed by atoms with Crippen LogP contribution in [0.15, 0.2) is 54.9 Å². The van der Waals surface area contributed by atoms with E-state index >= 15 is 0 Å². The van der Waals surface area contributed by atoms with Crippen LogP contribution in [0, 0.1) is 0 Å². The molecule has 0 spiro atoms. The number of benzene rings is 2. The van der Waals surface area contributed by atoms with Gasteiger partial charge >= 0.3 is 7.12 Å². The fraction of sp³-hybridized carbons (Fsp3) is 0.158. The molecule has 1 unspecified atom stereocenters. The second-order valence-corrected chi connectivity index (χ2v) is 6.34. The van der Waals surface area contributed by atoms with Crippen molar-refractivity contribution in [3.05, 3.63) is 66.0 Å². The predicted molar refractivity (Wildman–Crippen MR) is 101 cm³/mol. The van der Waals surface area contributed by atoms with Crippen molar-refractivity contribution in [2.75, 3.05) is 11.9 Å². The van der Waals surface area contributed by atoms with Gasteiger partial charge in [-0.1, -0.05) is 24.3 Å². The molecule has 1 amide bonds. The fourth-order valence-corrected chi connectivity index (χ4v) is 3.25. The zero-order chi connectivity index (χ0) is 18.1. The lowest BCUT2D eigenvalue weighted by Gasteiger charge is -2.16. The van der Waals surface area contributed by atoms with Gasteiger partial charge in [-0.25, -0.2) is 0 Å². The first kappa shape index (κ1) is 16.7. The summed E-state index contributed by atoms with van der Waals surface area (Å²) < 4.78 is 5.21. The number of anilines is 1. The SMILES string of the molecule is NCC(C(=O)Nc1ccc2cnccc2c1)c1ccc2c(c1)COB2O. The van der Waals surface area contributed by atoms with Crippen LogP contribution in [0.3, 0.4) is 0 Å². The largest absolute Gasteiger partial charge is 0.491 e. The predicted octanol–water partition coefficient (Wildman–Crippen LogP) is 1.13. The molecule has 0 saturated heterocycles. The number of hydrogen-bond acceptors (Lipinski definition) is 5. The van der Waals surface area contributed by atoms with Crippen LogP contribution >= 0.6 is 0 Å². The first-order valence-corrected chi connectivity index (χ1v) is 8.43. The summed E-state index contributed by atoms with van der Waals surface area (Å²) in [5.41, 5.74) is 9.03. The number of nitrogens with one attached hydrogen (secondary N) is 1. The Kier molecular flexibility index (Phi) is 4.42. The molecule has 130 valence electrons. The van der Waals surface area contributed by atoms with Crippen molar-refractivity contribution in [3.63, 3.8) is 0 Å². The molecule has 3 aromatic rings. The van der Waals surface area contributed by atoms with Crippen molar-refractivity contribution < 1.29 is 14.5 Å². The van der Waals surface area contributed by atoms with Gasteiger partial charge < -0.3 is 20.7 Å². The summed E-state index contributed by atoms with van der Waals surface area (Å²) in [6, 6.07) is 13.1. The average molecular weight is 347 g/mol. The van der Waals surface area contributed by atoms with Crippen molar-refractivity contribution in [2.45, 2.75) is 12.5 Å². The Bertz CT molecular complexity index is 979. The van der Waals surface area contributed by atoms with Crippen LogP contribution in [0.1, 0.15) is 17.0 Å². The molecule has 1 aromatic heterocycles. The maximum atomic E-state index is 12.8. The first-order chi connectivity index (χ1) is 12.7. The zero-order valence-corrected chi connectivity index (χ0v) is 14.1. The van der Waals surface area contributed by atoms with Crippen LogP contribution in [0.25, 0.3) is 10.8 Å². The lowest BCUT2D eigenvalue weighted by Crippen LogP contribution is -2.30. The van der Waals surface area contributed by atoms with Crippen LogP contribution in [-0.4, -0.2) is 29.6 Å². The van der Waals surface area contributed by atoms with E-state index in [4.69, 9.17) is 10.4 Å². The molecule has 4 rings (SSSR count). The first-order valence-electron chi connectivity index (χ1n) is 8.43. The fourth-order valence-electron chi connectivity index (χ4n) is 3.25. The smallest absolute Gasteiger partial charge is 0.423 e. The van der Waals surface area contributed by atoms with Gasteiger partial charge in [-0.15, -0.1) is 0 Å². The number of nitrogens with two attached hydrogens (primary N) is 1. The van der Waals surface area contributed by atoms with E-state index in [9.17, 15) is 9.82 Å². The van der Waals surface area contributed by atoms with Crippen LogP contribution in [-0.2, 0) is 16.1 Å². The number of amides is 1. The molecule has 0 bridgehead atoms. The van der Waals surface area contributed by atoms with E-state index in [-0.39, 0.29) is 12.5 Å². The Morgan fingerprint density at radius 3 is 3.00 bits per heavy atom. The maximum Gasteiger partial charge on any atom is 0.491 e. The van der Waals surface area contributed by atoms with Crippen LogP contribution in [0.4, 0.5) is 5.69 Å². The molecule has 2 heterocycles. The molecular formula is C19H18BN3O3. The summed E-state index contributed by atoms with van der Waals surface area (Å²) >= 11 is 0. The molecule has 7 heteroatoms. The Morgan fingerprint density at radius 2 is 2.15 bits per heavy atom. The summed E-state index contributed by atoms with van der Waals surface area (Å²) in [5, 5.41) is 14.7. The van der Waals surface area contributed by atoms with Crippen molar-refractivity contribution in [1.82, 2.24) is 4.98 Å². The zero-order valence-electron chi connectivity index (χ0n) is 14.1. The number of nitrogens with zero attached hydrogens (tertiary/aromatic N) is 1. The molecular weight excluding hydrogens is 329 g/mol. The number of aromatic nitrogens is 1. The van der Waals surface area contributed by atoms with E-state index in [1.807, 2.05) is 36.4 Å². The number of hydrogen-bond donors (Lipinski definition) is 3. The van der Waals surface area contributed by atoms with Gasteiger partial charge in [-0.3, -0.25) is 9.78 Å². The highest BCUT2D eigenvalue weighted by Crippen LogP contribution is 2.22. The molecule has 0 radical (unpaired) electrons. The van der Waals surface area contributed by atoms with Gasteiger partial charge in [0, 0.05) is 30.0 Å². The Morgan fingerprint density at radius 1 is 1.27 bits per heavy atom. The highest BCUT2D eigenvalue weighted by Gasteiger charge is 2.29. The third kappa shape index (κ3) is 3.08. The summed E-state index contributed by atoms with van der Waals surface area (Å²) in [4.78, 5) is 16.8. The third-order valence-electron chi connectivity index (χ3n) is 4.69. The molecule has 26 heavy (non-hydrogen) atoms. The molecule has 1 aliphatic rings. The van der Waals surface area contributed by atoms with E-state index in [1.54, 1.807) is 18.5 Å². The van der Waals surface area contributed by atoms with E-state index < -0.39 is 13.0 Å². The molecule has 1 aliphatic heterocycles. The van der Waals surface area contributed by atoms with E-state index in [2.05, 4.69) is 10.3 Å². The lowest BCUT2D eigenvalue weighted by atomic mass is 9.78. The number of carbonyl (C=O) groups is 1. The highest BCUT2D eigenvalue weighted by molar-refractivity contribution is 6.61. The van der Waals surface area contributed by atoms with Crippen molar-refractivity contribution in [2.24, 2.45) is 5.73 Å². The van der Waals surface area contributed by atoms with Gasteiger partial charge in [0.05, 0.1) is 12.5 Å². The monoisotopic (exact) mass is 347 g/mol. The summed E-state index contributed by atoms with van der Waals surface area (Å²) in [6.07, 6.45) is 3.50. The maximum absolute atomic E-state index is 12.8. The minimum atomic E-state index is -0.892. The normalized spacial score (nSPS) is 14.3. The van der Waals surface area contributed by atoms with Crippen LogP contribution in [0.2, 0.25) is 0 Å². The quantitative estimate of drug-likeness (QED) is 0.615. The number of rotatable bonds is 4. The molecule has 0 aliphatic carbocycles. The van der Waals surface area contributed by atoms with Gasteiger partial charge in [0.15, 0.2) is 0 Å². The van der Waals surface area contributed by atoms with Gasteiger partial charge in [0.1, 0.15) is 0 Å². The van der Waals surface area contributed by atoms with E-state index in [1.165, 1.54) is 0 Å². The van der Waals surface area contributed by atoms with Crippen molar-refractivity contribution in [3.8, 4) is 0 Å². The van der Waals surface area contributed by atoms with Gasteiger partial charge in [-0.05, 0) is 40.2 Å². The van der Waals surface area contributed by atoms with E-state index in [0.717, 1.165) is 27.4 Å². The Hall–Kier alpha value is -2.74. The van der Waals surface area contributed by atoms with Gasteiger partial charge in [0.25, 0.3) is 0 Å². The number of carbonyl (C=O) groups excluding carboxylic acids is 1. The Labute approximate surface area is 151 Å². The molecule has 4 N–H and O–H groups in total. The number of pyridine rings is 1. The van der Waals surface area contributed by atoms with Crippen LogP contribution < -0.4 is 16.5 Å². The lowest BCUT2D eigenvalue weighted by molar-refractivity contribution is -0.117. The second kappa shape index (κ2) is 6.88. The van der Waals surface area contributed by atoms with Crippen LogP contribution in [0.5, 0.6) is 0 Å². The topological polar surface area (TPSA) is 97.5 Å². The summed E-state index contributed by atoms with van der Waals surface area (Å²) in [7, 11) is -0.892. The molecule has 1 atom stereocenters. The van der Waals surface area contributed by atoms with Gasteiger partial charge in [-0.2, -0.15) is 0 Å². The summed E-state index contributed by atoms with van der Waals surface area (Å²) in [5.74, 6) is -0.647. The molecule has 0 fully saturated rings. The third-order valence-corrected chi connectivity index (χ3v) is 4.69.